The molecule has 3 N–H and O–H groups in total. The van der Waals surface area contributed by atoms with Crippen LogP contribution in [0, 0.1) is 13.8 Å². The highest BCUT2D eigenvalue weighted by Gasteiger charge is 2.09. The van der Waals surface area contributed by atoms with Crippen molar-refractivity contribution < 1.29 is 9.53 Å². The predicted octanol–water partition coefficient (Wildman–Crippen LogP) is 2.96. The molecule has 0 aliphatic heterocycles. The van der Waals surface area contributed by atoms with Crippen molar-refractivity contribution in [2.45, 2.75) is 13.8 Å². The van der Waals surface area contributed by atoms with Crippen LogP contribution in [0.25, 0.3) is 0 Å². The van der Waals surface area contributed by atoms with Crippen LogP contribution in [0.5, 0.6) is 5.75 Å². The van der Waals surface area contributed by atoms with Crippen LogP contribution in [0.4, 0.5) is 5.69 Å². The molecule has 0 aromatic heterocycles. The zero-order valence-corrected chi connectivity index (χ0v) is 13.4. The molecule has 0 fully saturated rings. The monoisotopic (exact) mass is 314 g/mol. The Morgan fingerprint density at radius 1 is 1.23 bits per heavy atom. The van der Waals surface area contributed by atoms with Gasteiger partial charge < -0.3 is 15.8 Å². The van der Waals surface area contributed by atoms with Crippen molar-refractivity contribution in [3.05, 3.63) is 59.2 Å². The number of hydrogen-bond acceptors (Lipinski definition) is 3. The standard InChI is InChI=1S/C17H18N2O2S/c1-11-7-8-12(2)15(9-11)21-10-16(20)19-14-6-4-3-5-13(14)17(18)22/h3-9H,10H2,1-2H3,(H2,18,22)(H,19,20). The first-order valence-electron chi connectivity index (χ1n) is 6.86. The molecule has 0 bridgehead atoms. The van der Waals surface area contributed by atoms with Crippen molar-refractivity contribution >= 4 is 28.8 Å². The summed E-state index contributed by atoms with van der Waals surface area (Å²) in [5.74, 6) is 0.447. The number of carbonyl (C=O) groups is 1. The first kappa shape index (κ1) is 16.0. The number of amides is 1. The number of nitrogens with two attached hydrogens (primary N) is 1. The van der Waals surface area contributed by atoms with Crippen molar-refractivity contribution in [3.8, 4) is 5.75 Å². The fourth-order valence-electron chi connectivity index (χ4n) is 2.00. The van der Waals surface area contributed by atoms with Crippen LogP contribution in [0.3, 0.4) is 0 Å². The molecule has 0 unspecified atom stereocenters. The average molecular weight is 314 g/mol. The van der Waals surface area contributed by atoms with Crippen LogP contribution in [-0.4, -0.2) is 17.5 Å². The number of rotatable bonds is 5. The maximum Gasteiger partial charge on any atom is 0.262 e. The fraction of sp³-hybridized carbons (Fsp3) is 0.176. The fourth-order valence-corrected chi connectivity index (χ4v) is 2.18. The van der Waals surface area contributed by atoms with E-state index in [1.54, 1.807) is 12.1 Å². The van der Waals surface area contributed by atoms with Crippen molar-refractivity contribution in [2.75, 3.05) is 11.9 Å². The molecule has 1 amide bonds. The summed E-state index contributed by atoms with van der Waals surface area (Å²) in [7, 11) is 0. The van der Waals surface area contributed by atoms with Crippen LogP contribution in [-0.2, 0) is 4.79 Å². The lowest BCUT2D eigenvalue weighted by molar-refractivity contribution is -0.118. The largest absolute Gasteiger partial charge is 0.483 e. The molecule has 0 saturated carbocycles. The van der Waals surface area contributed by atoms with Gasteiger partial charge in [-0.25, -0.2) is 0 Å². The molecule has 0 heterocycles. The number of thiocarbonyl (C=S) groups is 1. The molecule has 0 saturated heterocycles. The molecule has 0 aliphatic rings. The lowest BCUT2D eigenvalue weighted by Crippen LogP contribution is -2.22. The molecule has 0 radical (unpaired) electrons. The second kappa shape index (κ2) is 7.04. The van der Waals surface area contributed by atoms with E-state index in [2.05, 4.69) is 5.32 Å². The summed E-state index contributed by atoms with van der Waals surface area (Å²) in [6.45, 7) is 3.84. The molecule has 2 aromatic rings. The summed E-state index contributed by atoms with van der Waals surface area (Å²) in [6.07, 6.45) is 0. The van der Waals surface area contributed by atoms with Crippen LogP contribution < -0.4 is 15.8 Å². The molecule has 0 atom stereocenters. The smallest absolute Gasteiger partial charge is 0.262 e. The van der Waals surface area contributed by atoms with Gasteiger partial charge in [-0.05, 0) is 43.2 Å². The molecular weight excluding hydrogens is 296 g/mol. The predicted molar refractivity (Wildman–Crippen MR) is 92.4 cm³/mol. The van der Waals surface area contributed by atoms with E-state index >= 15 is 0 Å². The van der Waals surface area contributed by atoms with Crippen LogP contribution in [0.15, 0.2) is 42.5 Å². The van der Waals surface area contributed by atoms with Crippen LogP contribution >= 0.6 is 12.2 Å². The zero-order chi connectivity index (χ0) is 16.1. The third-order valence-corrected chi connectivity index (χ3v) is 3.39. The second-order valence-corrected chi connectivity index (χ2v) is 5.46. The normalized spacial score (nSPS) is 10.1. The minimum atomic E-state index is -0.260. The van der Waals surface area contributed by atoms with Gasteiger partial charge in [0.15, 0.2) is 6.61 Å². The first-order valence-corrected chi connectivity index (χ1v) is 7.27. The number of nitrogens with one attached hydrogen (secondary N) is 1. The van der Waals surface area contributed by atoms with Gasteiger partial charge in [0.2, 0.25) is 0 Å². The second-order valence-electron chi connectivity index (χ2n) is 5.02. The Morgan fingerprint density at radius 2 is 1.95 bits per heavy atom. The Morgan fingerprint density at radius 3 is 2.68 bits per heavy atom. The lowest BCUT2D eigenvalue weighted by atomic mass is 10.1. The van der Waals surface area contributed by atoms with Crippen molar-refractivity contribution in [1.29, 1.82) is 0 Å². The van der Waals surface area contributed by atoms with Crippen LogP contribution in [0.2, 0.25) is 0 Å². The third kappa shape index (κ3) is 4.05. The highest BCUT2D eigenvalue weighted by molar-refractivity contribution is 7.80. The first-order chi connectivity index (χ1) is 10.5. The van der Waals surface area contributed by atoms with Gasteiger partial charge >= 0.3 is 0 Å². The summed E-state index contributed by atoms with van der Waals surface area (Å²) >= 11 is 4.97. The molecule has 2 rings (SSSR count). The number of ether oxygens (including phenoxy) is 1. The highest BCUT2D eigenvalue weighted by atomic mass is 32.1. The van der Waals surface area contributed by atoms with E-state index in [1.165, 1.54) is 0 Å². The van der Waals surface area contributed by atoms with E-state index in [-0.39, 0.29) is 17.5 Å². The Labute approximate surface area is 135 Å². The summed E-state index contributed by atoms with van der Waals surface area (Å²) in [5, 5.41) is 2.76. The number of hydrogen-bond donors (Lipinski definition) is 2. The highest BCUT2D eigenvalue weighted by Crippen LogP contribution is 2.19. The third-order valence-electron chi connectivity index (χ3n) is 3.17. The van der Waals surface area contributed by atoms with Gasteiger partial charge in [-0.2, -0.15) is 0 Å². The van der Waals surface area contributed by atoms with E-state index in [9.17, 15) is 4.79 Å². The summed E-state index contributed by atoms with van der Waals surface area (Å²) < 4.78 is 5.58. The number of anilines is 1. The number of para-hydroxylation sites is 1. The van der Waals surface area contributed by atoms with Gasteiger partial charge in [-0.1, -0.05) is 36.5 Å². The minimum Gasteiger partial charge on any atom is -0.483 e. The van der Waals surface area contributed by atoms with Gasteiger partial charge in [-0.3, -0.25) is 4.79 Å². The molecule has 2 aromatic carbocycles. The van der Waals surface area contributed by atoms with Gasteiger partial charge in [-0.15, -0.1) is 0 Å². The van der Waals surface area contributed by atoms with Gasteiger partial charge in [0.05, 0.1) is 5.69 Å². The molecule has 0 aliphatic carbocycles. The Bertz CT molecular complexity index is 714. The van der Waals surface area contributed by atoms with Crippen molar-refractivity contribution in [1.82, 2.24) is 0 Å². The van der Waals surface area contributed by atoms with Gasteiger partial charge in [0, 0.05) is 5.56 Å². The van der Waals surface area contributed by atoms with E-state index in [1.807, 2.05) is 44.2 Å². The topological polar surface area (TPSA) is 64.3 Å². The zero-order valence-electron chi connectivity index (χ0n) is 12.6. The van der Waals surface area contributed by atoms with E-state index in [0.717, 1.165) is 11.1 Å². The molecular formula is C17H18N2O2S. The van der Waals surface area contributed by atoms with Crippen molar-refractivity contribution in [3.63, 3.8) is 0 Å². The van der Waals surface area contributed by atoms with Crippen molar-refractivity contribution in [2.24, 2.45) is 5.73 Å². The molecule has 4 nitrogen and oxygen atoms in total. The Balaban J connectivity index is 2.02. The van der Waals surface area contributed by atoms with Crippen LogP contribution in [0.1, 0.15) is 16.7 Å². The van der Waals surface area contributed by atoms with Gasteiger partial charge in [0.1, 0.15) is 10.7 Å². The van der Waals surface area contributed by atoms with E-state index < -0.39 is 0 Å². The maximum atomic E-state index is 12.0. The number of carbonyl (C=O) groups excluding carboxylic acids is 1. The summed E-state index contributed by atoms with van der Waals surface area (Å²) in [5.41, 5.74) is 8.94. The van der Waals surface area contributed by atoms with E-state index in [0.29, 0.717) is 17.0 Å². The van der Waals surface area contributed by atoms with Gasteiger partial charge in [0.25, 0.3) is 5.91 Å². The molecule has 114 valence electrons. The molecule has 5 heteroatoms. The van der Waals surface area contributed by atoms with E-state index in [4.69, 9.17) is 22.7 Å². The SMILES string of the molecule is Cc1ccc(C)c(OCC(=O)Nc2ccccc2C(N)=S)c1. The summed E-state index contributed by atoms with van der Waals surface area (Å²) in [6, 6.07) is 13.0. The Hall–Kier alpha value is -2.40. The Kier molecular flexibility index (Phi) is 5.12. The number of benzene rings is 2. The lowest BCUT2D eigenvalue weighted by Gasteiger charge is -2.12. The molecule has 22 heavy (non-hydrogen) atoms. The summed E-state index contributed by atoms with van der Waals surface area (Å²) in [4.78, 5) is 12.3. The maximum absolute atomic E-state index is 12.0. The average Bonchev–Trinajstić information content (AvgIpc) is 2.48. The molecule has 0 spiro atoms. The quantitative estimate of drug-likeness (QED) is 0.833. The number of aryl methyl sites for hydroxylation is 2. The minimum absolute atomic E-state index is 0.0735.